The van der Waals surface area contributed by atoms with Crippen LogP contribution in [0.4, 0.5) is 4.39 Å². The molecule has 0 aromatic heterocycles. The van der Waals surface area contributed by atoms with Crippen LogP contribution < -0.4 is 5.32 Å². The van der Waals surface area contributed by atoms with E-state index in [1.165, 1.54) is 19.3 Å². The lowest BCUT2D eigenvalue weighted by molar-refractivity contribution is 0.399. The van der Waals surface area contributed by atoms with Crippen LogP contribution in [0.2, 0.25) is 0 Å². The van der Waals surface area contributed by atoms with E-state index in [4.69, 9.17) is 0 Å². The molecule has 1 N–H and O–H groups in total. The van der Waals surface area contributed by atoms with Gasteiger partial charge in [-0.2, -0.15) is 0 Å². The predicted octanol–water partition coefficient (Wildman–Crippen LogP) is 4.55. The van der Waals surface area contributed by atoms with Crippen LogP contribution in [0.25, 0.3) is 0 Å². The highest BCUT2D eigenvalue weighted by Gasteiger charge is 2.55. The van der Waals surface area contributed by atoms with E-state index in [0.717, 1.165) is 47.2 Å². The minimum absolute atomic E-state index is 0.0755. The molecule has 2 aliphatic rings. The van der Waals surface area contributed by atoms with Gasteiger partial charge in [0.15, 0.2) is 0 Å². The number of halogens is 2. The second-order valence-corrected chi connectivity index (χ2v) is 7.25. The number of hydrogen-bond acceptors (Lipinski definition) is 1. The predicted molar refractivity (Wildman–Crippen MR) is 84.2 cm³/mol. The molecule has 3 heteroatoms. The third kappa shape index (κ3) is 2.94. The SMILES string of the molecule is CCCNC(Cc1ccc(Br)cc1F)C1C2CCCC21. The fourth-order valence-corrected chi connectivity index (χ4v) is 4.41. The number of hydrogen-bond donors (Lipinski definition) is 1. The van der Waals surface area contributed by atoms with Crippen LogP contribution in [0.3, 0.4) is 0 Å². The molecule has 0 bridgehead atoms. The van der Waals surface area contributed by atoms with Crippen LogP contribution in [0.15, 0.2) is 22.7 Å². The number of nitrogens with one attached hydrogen (secondary N) is 1. The first-order valence-corrected chi connectivity index (χ1v) is 8.67. The van der Waals surface area contributed by atoms with E-state index in [9.17, 15) is 4.39 Å². The first-order valence-electron chi connectivity index (χ1n) is 7.88. The molecule has 110 valence electrons. The normalized spacial score (nSPS) is 29.2. The van der Waals surface area contributed by atoms with E-state index in [1.54, 1.807) is 6.07 Å². The first-order chi connectivity index (χ1) is 9.70. The van der Waals surface area contributed by atoms with Crippen molar-refractivity contribution in [1.82, 2.24) is 5.32 Å². The van der Waals surface area contributed by atoms with Gasteiger partial charge in [0, 0.05) is 10.5 Å². The van der Waals surface area contributed by atoms with Gasteiger partial charge >= 0.3 is 0 Å². The molecule has 0 saturated heterocycles. The summed E-state index contributed by atoms with van der Waals surface area (Å²) in [6.45, 7) is 3.23. The van der Waals surface area contributed by atoms with Gasteiger partial charge in [0.25, 0.3) is 0 Å². The maximum Gasteiger partial charge on any atom is 0.127 e. The van der Waals surface area contributed by atoms with Crippen LogP contribution in [-0.4, -0.2) is 12.6 Å². The molecule has 0 heterocycles. The van der Waals surface area contributed by atoms with E-state index in [-0.39, 0.29) is 5.82 Å². The Labute approximate surface area is 129 Å². The lowest BCUT2D eigenvalue weighted by atomic mass is 9.96. The molecule has 1 nitrogen and oxygen atoms in total. The number of rotatable bonds is 6. The molecule has 0 spiro atoms. The molecular formula is C17H23BrFN. The standard InChI is InChI=1S/C17H23BrFN/c1-2-8-20-16(17-13-4-3-5-14(13)17)9-11-6-7-12(18)10-15(11)19/h6-7,10,13-14,16-17,20H,2-5,8-9H2,1H3. The quantitative estimate of drug-likeness (QED) is 0.801. The van der Waals surface area contributed by atoms with Gasteiger partial charge in [0.2, 0.25) is 0 Å². The van der Waals surface area contributed by atoms with Gasteiger partial charge in [-0.15, -0.1) is 0 Å². The maximum atomic E-state index is 14.0. The van der Waals surface area contributed by atoms with E-state index >= 15 is 0 Å². The van der Waals surface area contributed by atoms with E-state index in [0.29, 0.717) is 6.04 Å². The minimum atomic E-state index is -0.0755. The average Bonchev–Trinajstić information content (AvgIpc) is 2.90. The summed E-state index contributed by atoms with van der Waals surface area (Å²) >= 11 is 3.33. The summed E-state index contributed by atoms with van der Waals surface area (Å²) in [6, 6.07) is 5.92. The van der Waals surface area contributed by atoms with Crippen LogP contribution >= 0.6 is 15.9 Å². The van der Waals surface area contributed by atoms with E-state index < -0.39 is 0 Å². The van der Waals surface area contributed by atoms with Crippen molar-refractivity contribution >= 4 is 15.9 Å². The van der Waals surface area contributed by atoms with Crippen LogP contribution in [0, 0.1) is 23.6 Å². The van der Waals surface area contributed by atoms with Crippen molar-refractivity contribution in [2.45, 2.75) is 45.1 Å². The van der Waals surface area contributed by atoms with Gasteiger partial charge in [-0.25, -0.2) is 4.39 Å². The Balaban J connectivity index is 1.69. The van der Waals surface area contributed by atoms with Crippen LogP contribution in [0.5, 0.6) is 0 Å². The Morgan fingerprint density at radius 3 is 2.75 bits per heavy atom. The lowest BCUT2D eigenvalue weighted by Gasteiger charge is -2.21. The Morgan fingerprint density at radius 1 is 1.35 bits per heavy atom. The van der Waals surface area contributed by atoms with Crippen molar-refractivity contribution in [3.63, 3.8) is 0 Å². The van der Waals surface area contributed by atoms with Gasteiger partial charge in [0.05, 0.1) is 0 Å². The van der Waals surface area contributed by atoms with Gasteiger partial charge in [-0.05, 0) is 67.7 Å². The average molecular weight is 340 g/mol. The largest absolute Gasteiger partial charge is 0.313 e. The third-order valence-electron chi connectivity index (χ3n) is 5.05. The third-order valence-corrected chi connectivity index (χ3v) is 5.54. The molecule has 2 saturated carbocycles. The van der Waals surface area contributed by atoms with Crippen molar-refractivity contribution in [3.05, 3.63) is 34.1 Å². The Kier molecular flexibility index (Phi) is 4.46. The Morgan fingerprint density at radius 2 is 2.10 bits per heavy atom. The van der Waals surface area contributed by atoms with Gasteiger partial charge in [0.1, 0.15) is 5.82 Å². The molecule has 20 heavy (non-hydrogen) atoms. The van der Waals surface area contributed by atoms with Gasteiger partial charge < -0.3 is 5.32 Å². The highest BCUT2D eigenvalue weighted by Crippen LogP contribution is 2.59. The van der Waals surface area contributed by atoms with Crippen molar-refractivity contribution in [1.29, 1.82) is 0 Å². The molecule has 0 aliphatic heterocycles. The minimum Gasteiger partial charge on any atom is -0.313 e. The van der Waals surface area contributed by atoms with Crippen molar-refractivity contribution < 1.29 is 4.39 Å². The molecular weight excluding hydrogens is 317 g/mol. The molecule has 0 radical (unpaired) electrons. The zero-order valence-corrected chi connectivity index (χ0v) is 13.6. The number of benzene rings is 1. The Hall–Kier alpha value is -0.410. The van der Waals surface area contributed by atoms with Crippen molar-refractivity contribution in [2.75, 3.05) is 6.54 Å². The summed E-state index contributed by atoms with van der Waals surface area (Å²) < 4.78 is 14.9. The summed E-state index contributed by atoms with van der Waals surface area (Å²) in [7, 11) is 0. The molecule has 2 aliphatic carbocycles. The highest BCUT2D eigenvalue weighted by molar-refractivity contribution is 9.10. The highest BCUT2D eigenvalue weighted by atomic mass is 79.9. The van der Waals surface area contributed by atoms with Crippen LogP contribution in [0.1, 0.15) is 38.2 Å². The van der Waals surface area contributed by atoms with Gasteiger partial charge in [-0.1, -0.05) is 35.3 Å². The fourth-order valence-electron chi connectivity index (χ4n) is 4.07. The second-order valence-electron chi connectivity index (χ2n) is 6.34. The summed E-state index contributed by atoms with van der Waals surface area (Å²) in [5.41, 5.74) is 0.853. The molecule has 1 aromatic carbocycles. The van der Waals surface area contributed by atoms with Crippen molar-refractivity contribution in [2.24, 2.45) is 17.8 Å². The topological polar surface area (TPSA) is 12.0 Å². The van der Waals surface area contributed by atoms with Gasteiger partial charge in [-0.3, -0.25) is 0 Å². The van der Waals surface area contributed by atoms with E-state index in [2.05, 4.69) is 28.2 Å². The molecule has 0 amide bonds. The summed E-state index contributed by atoms with van der Waals surface area (Å²) in [4.78, 5) is 0. The lowest BCUT2D eigenvalue weighted by Crippen LogP contribution is -2.35. The smallest absolute Gasteiger partial charge is 0.127 e. The fraction of sp³-hybridized carbons (Fsp3) is 0.647. The molecule has 3 atom stereocenters. The second kappa shape index (κ2) is 6.15. The maximum absolute atomic E-state index is 14.0. The van der Waals surface area contributed by atoms with Crippen molar-refractivity contribution in [3.8, 4) is 0 Å². The van der Waals surface area contributed by atoms with E-state index in [1.807, 2.05) is 12.1 Å². The summed E-state index contributed by atoms with van der Waals surface area (Å²) in [5.74, 6) is 2.55. The van der Waals surface area contributed by atoms with Crippen LogP contribution in [-0.2, 0) is 6.42 Å². The zero-order chi connectivity index (χ0) is 14.1. The zero-order valence-electron chi connectivity index (χ0n) is 12.0. The first kappa shape index (κ1) is 14.5. The Bertz CT molecular complexity index is 466. The monoisotopic (exact) mass is 339 g/mol. The molecule has 1 aromatic rings. The molecule has 3 rings (SSSR count). The molecule has 3 unspecified atom stereocenters. The molecule has 2 fully saturated rings. The summed E-state index contributed by atoms with van der Waals surface area (Å²) in [6.07, 6.45) is 6.15. The number of fused-ring (bicyclic) bond motifs is 1. The summed E-state index contributed by atoms with van der Waals surface area (Å²) in [5, 5.41) is 3.67.